The van der Waals surface area contributed by atoms with Crippen molar-refractivity contribution in [1.82, 2.24) is 10.6 Å². The molecule has 73 heavy (non-hydrogen) atoms. The van der Waals surface area contributed by atoms with Gasteiger partial charge in [0.25, 0.3) is 0 Å². The maximum atomic E-state index is 12.4. The minimum Gasteiger partial charge on any atom is -0.394 e. The molecule has 0 spiro atoms. The fraction of sp³-hybridized carbons (Fsp3) is 0.950. The van der Waals surface area contributed by atoms with Gasteiger partial charge in [-0.05, 0) is 0 Å². The average Bonchev–Trinajstić information content (AvgIpc) is 3.36. The van der Waals surface area contributed by atoms with E-state index in [1.807, 2.05) is 0 Å². The molecule has 0 aliphatic carbocycles. The smallest absolute Gasteiger partial charge is 0.217 e. The minimum absolute atomic E-state index is 0.694. The number of hydrogen-bond donors (Lipinski definition) is 20. The summed E-state index contributed by atoms with van der Waals surface area (Å²) in [6, 6.07) is -3.16. The quantitative estimate of drug-likeness (QED) is 0.0606. The van der Waals surface area contributed by atoms with Crippen LogP contribution in [0.4, 0.5) is 0 Å². The molecule has 6 saturated heterocycles. The first-order chi connectivity index (χ1) is 34.5. The van der Waals surface area contributed by atoms with Gasteiger partial charge in [-0.2, -0.15) is 0 Å². The van der Waals surface area contributed by atoms with Crippen molar-refractivity contribution in [1.29, 1.82) is 0 Å². The molecule has 33 nitrogen and oxygen atoms in total. The molecule has 0 aromatic heterocycles. The highest BCUT2D eigenvalue weighted by Crippen LogP contribution is 2.37. The van der Waals surface area contributed by atoms with Gasteiger partial charge >= 0.3 is 0 Å². The lowest BCUT2D eigenvalue weighted by Gasteiger charge is -2.50. The van der Waals surface area contributed by atoms with Crippen LogP contribution in [0.3, 0.4) is 0 Å². The summed E-state index contributed by atoms with van der Waals surface area (Å²) in [6.45, 7) is -3.60. The maximum absolute atomic E-state index is 12.4. The largest absolute Gasteiger partial charge is 0.394 e. The van der Waals surface area contributed by atoms with Gasteiger partial charge in [0, 0.05) is 13.8 Å². The number of aliphatic hydroxyl groups is 18. The molecule has 6 aliphatic rings. The second-order valence-electron chi connectivity index (χ2n) is 18.2. The Balaban J connectivity index is 1.10. The summed E-state index contributed by atoms with van der Waals surface area (Å²) in [6.07, 6.45) is -52.3. The second kappa shape index (κ2) is 26.0. The van der Waals surface area contributed by atoms with Gasteiger partial charge in [0.05, 0.1) is 39.6 Å². The lowest BCUT2D eigenvalue weighted by Crippen LogP contribution is -2.70. The van der Waals surface area contributed by atoms with E-state index in [4.69, 9.17) is 52.1 Å². The number of carbonyl (C=O) groups excluding carboxylic acids is 2. The Morgan fingerprint density at radius 2 is 0.589 bits per heavy atom. The summed E-state index contributed by atoms with van der Waals surface area (Å²) in [4.78, 5) is 24.2. The summed E-state index contributed by atoms with van der Waals surface area (Å²) < 4.78 is 61.9. The summed E-state index contributed by atoms with van der Waals surface area (Å²) in [5.41, 5.74) is 0. The van der Waals surface area contributed by atoms with E-state index in [9.17, 15) is 102 Å². The first-order valence-corrected chi connectivity index (χ1v) is 23.1. The van der Waals surface area contributed by atoms with E-state index in [0.29, 0.717) is 0 Å². The van der Waals surface area contributed by atoms with E-state index in [1.165, 1.54) is 0 Å². The third-order valence-electron chi connectivity index (χ3n) is 13.2. The first-order valence-electron chi connectivity index (χ1n) is 23.1. The number of hydrogen-bond acceptors (Lipinski definition) is 31. The van der Waals surface area contributed by atoms with Gasteiger partial charge in [0.15, 0.2) is 37.7 Å². The lowest BCUT2D eigenvalue weighted by atomic mass is 9.94. The van der Waals surface area contributed by atoms with Gasteiger partial charge in [0.2, 0.25) is 11.8 Å². The molecule has 6 heterocycles. The molecular formula is C40H68N2O31. The summed E-state index contributed by atoms with van der Waals surface area (Å²) in [7, 11) is 0. The van der Waals surface area contributed by atoms with Crippen LogP contribution in [0.5, 0.6) is 0 Å². The Hall–Kier alpha value is -2.22. The summed E-state index contributed by atoms with van der Waals surface area (Å²) in [5.74, 6) is -1.48. The standard InChI is InChI=1S/C40H68N2O31/c1-9(49)41-17-20(52)30(12(4-44)63-35(17)62)69-36-18(42-10(2)50)21(53)31(13(5-45)65-36)70-38-27(59)23(55)33(15(7-47)66-38)72-40-29(61)25(57)34(16(8-48)68-40)73-39-28(60)24(56)32(14(6-46)67-39)71-37-26(58)22(54)19(51)11(3-43)64-37/h11-40,43-48,51-62H,3-8H2,1-2H3,(H,41,49)(H,42,50)/t11-,12-,13-,14-,15-,16-,17-,18-,19-,20-,21-,22+,23-,24-,25-,26+,27+,28+,29+,30-,31-,32-,33-,34-,35-,36+,37+,38+,39-,40-/m1/s1. The fourth-order valence-electron chi connectivity index (χ4n) is 9.33. The van der Waals surface area contributed by atoms with E-state index in [2.05, 4.69) is 10.6 Å². The van der Waals surface area contributed by atoms with Crippen molar-refractivity contribution in [3.63, 3.8) is 0 Å². The molecule has 0 saturated carbocycles. The fourth-order valence-corrected chi connectivity index (χ4v) is 9.33. The molecule has 0 aromatic carbocycles. The topological polar surface area (TPSA) is 524 Å². The van der Waals surface area contributed by atoms with Gasteiger partial charge in [-0.3, -0.25) is 9.59 Å². The predicted octanol–water partition coefficient (Wildman–Crippen LogP) is -13.8. The van der Waals surface area contributed by atoms with Crippen molar-refractivity contribution in [3.05, 3.63) is 0 Å². The number of carbonyl (C=O) groups is 2. The van der Waals surface area contributed by atoms with E-state index >= 15 is 0 Å². The highest BCUT2D eigenvalue weighted by molar-refractivity contribution is 5.73. The van der Waals surface area contributed by atoms with Crippen molar-refractivity contribution in [2.45, 2.75) is 198 Å². The van der Waals surface area contributed by atoms with Crippen LogP contribution in [-0.4, -0.2) is 327 Å². The molecule has 6 fully saturated rings. The molecule has 20 N–H and O–H groups in total. The van der Waals surface area contributed by atoms with Crippen LogP contribution in [0.1, 0.15) is 13.8 Å². The van der Waals surface area contributed by atoms with Crippen LogP contribution in [-0.2, 0) is 61.7 Å². The zero-order valence-corrected chi connectivity index (χ0v) is 38.9. The maximum Gasteiger partial charge on any atom is 0.217 e. The number of ether oxygens (including phenoxy) is 11. The Morgan fingerprint density at radius 3 is 0.932 bits per heavy atom. The van der Waals surface area contributed by atoms with Crippen molar-refractivity contribution in [2.75, 3.05) is 39.6 Å². The van der Waals surface area contributed by atoms with E-state index in [-0.39, 0.29) is 0 Å². The predicted molar refractivity (Wildman–Crippen MR) is 222 cm³/mol. The van der Waals surface area contributed by atoms with E-state index < -0.39 is 236 Å². The third kappa shape index (κ3) is 12.9. The molecule has 0 radical (unpaired) electrons. The van der Waals surface area contributed by atoms with Gasteiger partial charge in [-0.15, -0.1) is 0 Å². The van der Waals surface area contributed by atoms with Crippen LogP contribution in [0.15, 0.2) is 0 Å². The Morgan fingerprint density at radius 1 is 0.329 bits per heavy atom. The van der Waals surface area contributed by atoms with E-state index in [0.717, 1.165) is 13.8 Å². The Labute approximate surface area is 413 Å². The van der Waals surface area contributed by atoms with Crippen molar-refractivity contribution < 1.29 is 154 Å². The summed E-state index contributed by atoms with van der Waals surface area (Å²) >= 11 is 0. The van der Waals surface area contributed by atoms with Gasteiger partial charge in [-0.25, -0.2) is 0 Å². The third-order valence-corrected chi connectivity index (χ3v) is 13.2. The molecule has 0 bridgehead atoms. The van der Waals surface area contributed by atoms with Crippen molar-refractivity contribution >= 4 is 11.8 Å². The number of aliphatic hydroxyl groups excluding tert-OH is 18. The normalized spacial score (nSPS) is 49.8. The molecule has 2 amide bonds. The number of rotatable bonds is 18. The molecule has 6 rings (SSSR count). The zero-order valence-electron chi connectivity index (χ0n) is 38.9. The highest BCUT2D eigenvalue weighted by atomic mass is 16.8. The van der Waals surface area contributed by atoms with Gasteiger partial charge in [-0.1, -0.05) is 0 Å². The average molecular weight is 1070 g/mol. The molecule has 0 aromatic rings. The van der Waals surface area contributed by atoms with Gasteiger partial charge < -0.3 is 155 Å². The van der Waals surface area contributed by atoms with Crippen LogP contribution in [0.25, 0.3) is 0 Å². The Kier molecular flexibility index (Phi) is 21.3. The van der Waals surface area contributed by atoms with E-state index in [1.54, 1.807) is 0 Å². The molecule has 6 aliphatic heterocycles. The Bertz CT molecular complexity index is 1740. The molecule has 0 unspecified atom stereocenters. The van der Waals surface area contributed by atoms with Crippen LogP contribution >= 0.6 is 0 Å². The van der Waals surface area contributed by atoms with Gasteiger partial charge in [0.1, 0.15) is 146 Å². The van der Waals surface area contributed by atoms with Crippen LogP contribution in [0.2, 0.25) is 0 Å². The zero-order chi connectivity index (χ0) is 53.9. The van der Waals surface area contributed by atoms with Crippen molar-refractivity contribution in [2.24, 2.45) is 0 Å². The number of nitrogens with one attached hydrogen (secondary N) is 2. The summed E-state index contributed by atoms with van der Waals surface area (Å²) in [5, 5.41) is 196. The first kappa shape index (κ1) is 60.0. The minimum atomic E-state index is -2.19. The SMILES string of the molecule is CC(=O)N[C@@H]1[C@@H](O)[C@H](O[C@@H]2O[C@H](CO)[C@@H](O[C@@H]3O[C@H](CO)[C@@H](O[C@H]4O[C@H](CO)[C@@H](O[C@H]5O[C@H](CO)[C@@H](O[C@@H]6O[C@H](CO)[C@@H](O)[C@H](O)[C@@H]6O)[C@H](O)[C@@H]5O)[C@H](O)[C@@H]4O)[C@H](O)[C@@H]3O)[C@H](O)[C@H]2NC(C)=O)[C@@H](CO)O[C@H]1O. The monoisotopic (exact) mass is 1070 g/mol. The molecule has 30 atom stereocenters. The van der Waals surface area contributed by atoms with Crippen LogP contribution < -0.4 is 10.6 Å². The second-order valence-corrected chi connectivity index (χ2v) is 18.2. The molecule has 33 heteroatoms. The van der Waals surface area contributed by atoms with Crippen molar-refractivity contribution in [3.8, 4) is 0 Å². The van der Waals surface area contributed by atoms with Crippen LogP contribution in [0, 0.1) is 0 Å². The number of amides is 2. The molecule has 424 valence electrons. The highest BCUT2D eigenvalue weighted by Gasteiger charge is 2.58. The molecular weight excluding hydrogens is 1000 g/mol. The lowest BCUT2D eigenvalue weighted by molar-refractivity contribution is -0.393.